The summed E-state index contributed by atoms with van der Waals surface area (Å²) in [6, 6.07) is 12.8. The molecule has 0 bridgehead atoms. The maximum atomic E-state index is 11.8. The molecule has 0 aromatic heterocycles. The van der Waals surface area contributed by atoms with Crippen molar-refractivity contribution in [1.29, 1.82) is 0 Å². The van der Waals surface area contributed by atoms with Crippen LogP contribution in [0.1, 0.15) is 26.3 Å². The molecule has 0 unspecified atom stereocenters. The van der Waals surface area contributed by atoms with Gasteiger partial charge in [0.05, 0.1) is 18.2 Å². The van der Waals surface area contributed by atoms with Crippen molar-refractivity contribution in [2.24, 2.45) is 0 Å². The van der Waals surface area contributed by atoms with Gasteiger partial charge < -0.3 is 14.8 Å². The molecule has 0 atom stereocenters. The van der Waals surface area contributed by atoms with Crippen molar-refractivity contribution in [3.8, 4) is 0 Å². The number of ether oxygens (including phenoxy) is 2. The maximum Gasteiger partial charge on any atom is 0.338 e. The van der Waals surface area contributed by atoms with E-state index in [9.17, 15) is 14.4 Å². The van der Waals surface area contributed by atoms with E-state index < -0.39 is 17.8 Å². The number of hydrogen-bond acceptors (Lipinski definition) is 5. The highest BCUT2D eigenvalue weighted by Gasteiger charge is 2.10. The van der Waals surface area contributed by atoms with Crippen LogP contribution in [0.4, 0.5) is 0 Å². The summed E-state index contributed by atoms with van der Waals surface area (Å²) in [4.78, 5) is 34.8. The SMILES string of the molecule is COC(=O)c1ccc(CNC(=O)COC(=O)c2ccc(Cl)cc2)cc1. The van der Waals surface area contributed by atoms with E-state index in [1.54, 1.807) is 36.4 Å². The van der Waals surface area contributed by atoms with Crippen LogP contribution < -0.4 is 5.32 Å². The summed E-state index contributed by atoms with van der Waals surface area (Å²) in [6.07, 6.45) is 0. The summed E-state index contributed by atoms with van der Waals surface area (Å²) in [6.45, 7) is -0.138. The van der Waals surface area contributed by atoms with Crippen LogP contribution in [0.5, 0.6) is 0 Å². The lowest BCUT2D eigenvalue weighted by Crippen LogP contribution is -2.28. The highest BCUT2D eigenvalue weighted by atomic mass is 35.5. The lowest BCUT2D eigenvalue weighted by atomic mass is 10.1. The lowest BCUT2D eigenvalue weighted by Gasteiger charge is -2.07. The first kappa shape index (κ1) is 18.5. The van der Waals surface area contributed by atoms with Crippen LogP contribution in [0.25, 0.3) is 0 Å². The third-order valence-corrected chi connectivity index (χ3v) is 3.53. The van der Waals surface area contributed by atoms with Crippen molar-refractivity contribution in [3.05, 3.63) is 70.2 Å². The number of amides is 1. The van der Waals surface area contributed by atoms with Crippen molar-refractivity contribution < 1.29 is 23.9 Å². The second-order valence-electron chi connectivity index (χ2n) is 5.05. The normalized spacial score (nSPS) is 10.0. The Morgan fingerprint density at radius 1 is 0.920 bits per heavy atom. The van der Waals surface area contributed by atoms with Crippen LogP contribution in [0.3, 0.4) is 0 Å². The van der Waals surface area contributed by atoms with Crippen molar-refractivity contribution in [1.82, 2.24) is 5.32 Å². The molecule has 0 radical (unpaired) electrons. The lowest BCUT2D eigenvalue weighted by molar-refractivity contribution is -0.124. The number of rotatable bonds is 6. The second kappa shape index (κ2) is 8.84. The monoisotopic (exact) mass is 361 g/mol. The third-order valence-electron chi connectivity index (χ3n) is 3.28. The van der Waals surface area contributed by atoms with E-state index in [1.165, 1.54) is 19.2 Å². The summed E-state index contributed by atoms with van der Waals surface area (Å²) in [7, 11) is 1.31. The van der Waals surface area contributed by atoms with Crippen molar-refractivity contribution in [2.75, 3.05) is 13.7 Å². The molecule has 1 amide bonds. The highest BCUT2D eigenvalue weighted by Crippen LogP contribution is 2.10. The fourth-order valence-electron chi connectivity index (χ4n) is 1.93. The first-order valence-electron chi connectivity index (χ1n) is 7.36. The minimum Gasteiger partial charge on any atom is -0.465 e. The Labute approximate surface area is 149 Å². The van der Waals surface area contributed by atoms with E-state index in [1.807, 2.05) is 0 Å². The average molecular weight is 362 g/mol. The number of carbonyl (C=O) groups excluding carboxylic acids is 3. The first-order valence-corrected chi connectivity index (χ1v) is 7.74. The Morgan fingerprint density at radius 2 is 1.48 bits per heavy atom. The first-order chi connectivity index (χ1) is 12.0. The molecular weight excluding hydrogens is 346 g/mol. The zero-order valence-corrected chi connectivity index (χ0v) is 14.2. The molecule has 0 aliphatic carbocycles. The summed E-state index contributed by atoms with van der Waals surface area (Å²) in [5.74, 6) is -1.46. The Kier molecular flexibility index (Phi) is 6.54. The minimum absolute atomic E-state index is 0.249. The topological polar surface area (TPSA) is 81.7 Å². The second-order valence-corrected chi connectivity index (χ2v) is 5.48. The summed E-state index contributed by atoms with van der Waals surface area (Å²) in [5, 5.41) is 3.13. The zero-order valence-electron chi connectivity index (χ0n) is 13.5. The van der Waals surface area contributed by atoms with E-state index >= 15 is 0 Å². The van der Waals surface area contributed by atoms with Gasteiger partial charge >= 0.3 is 11.9 Å². The number of halogens is 1. The van der Waals surface area contributed by atoms with Crippen molar-refractivity contribution in [2.45, 2.75) is 6.54 Å². The largest absolute Gasteiger partial charge is 0.465 e. The molecule has 0 saturated heterocycles. The standard InChI is InChI=1S/C18H16ClNO5/c1-24-17(22)13-4-2-12(3-5-13)10-20-16(21)11-25-18(23)14-6-8-15(19)9-7-14/h2-9H,10-11H2,1H3,(H,20,21). The Balaban J connectivity index is 1.77. The number of esters is 2. The molecule has 2 aromatic rings. The molecule has 0 aliphatic rings. The Bertz CT molecular complexity index is 756. The Morgan fingerprint density at radius 3 is 2.08 bits per heavy atom. The van der Waals surface area contributed by atoms with Crippen molar-refractivity contribution in [3.63, 3.8) is 0 Å². The van der Waals surface area contributed by atoms with E-state index in [0.29, 0.717) is 16.1 Å². The predicted octanol–water partition coefficient (Wildman–Crippen LogP) is 2.60. The number of hydrogen-bond donors (Lipinski definition) is 1. The van der Waals surface area contributed by atoms with Gasteiger partial charge in [0.1, 0.15) is 0 Å². The van der Waals surface area contributed by atoms with Gasteiger partial charge in [0.2, 0.25) is 0 Å². The highest BCUT2D eigenvalue weighted by molar-refractivity contribution is 6.30. The van der Waals surface area contributed by atoms with E-state index in [4.69, 9.17) is 16.3 Å². The van der Waals surface area contributed by atoms with Gasteiger partial charge in [0.25, 0.3) is 5.91 Å². The number of benzene rings is 2. The van der Waals surface area contributed by atoms with Gasteiger partial charge in [0, 0.05) is 11.6 Å². The molecule has 0 spiro atoms. The maximum absolute atomic E-state index is 11.8. The van der Waals surface area contributed by atoms with Crippen LogP contribution in [-0.4, -0.2) is 31.6 Å². The summed E-state index contributed by atoms with van der Waals surface area (Å²) in [5.41, 5.74) is 1.54. The zero-order chi connectivity index (χ0) is 18.2. The fraction of sp³-hybridized carbons (Fsp3) is 0.167. The molecule has 0 aliphatic heterocycles. The van der Waals surface area contributed by atoms with Gasteiger partial charge in [-0.1, -0.05) is 23.7 Å². The molecule has 2 aromatic carbocycles. The summed E-state index contributed by atoms with van der Waals surface area (Å²) >= 11 is 5.74. The summed E-state index contributed by atoms with van der Waals surface area (Å²) < 4.78 is 9.54. The molecule has 7 heteroatoms. The van der Waals surface area contributed by atoms with Gasteiger partial charge in [-0.2, -0.15) is 0 Å². The van der Waals surface area contributed by atoms with Crippen LogP contribution in [0, 0.1) is 0 Å². The van der Waals surface area contributed by atoms with Crippen molar-refractivity contribution >= 4 is 29.4 Å². The minimum atomic E-state index is -0.603. The predicted molar refractivity (Wildman–Crippen MR) is 91.4 cm³/mol. The van der Waals surface area contributed by atoms with Gasteiger partial charge in [-0.3, -0.25) is 4.79 Å². The third kappa shape index (κ3) is 5.61. The molecule has 25 heavy (non-hydrogen) atoms. The molecule has 6 nitrogen and oxygen atoms in total. The average Bonchev–Trinajstić information content (AvgIpc) is 2.64. The van der Waals surface area contributed by atoms with E-state index in [0.717, 1.165) is 5.56 Å². The van der Waals surface area contributed by atoms with Crippen LogP contribution in [0.15, 0.2) is 48.5 Å². The fourth-order valence-corrected chi connectivity index (χ4v) is 2.05. The number of nitrogens with one attached hydrogen (secondary N) is 1. The Hall–Kier alpha value is -2.86. The van der Waals surface area contributed by atoms with E-state index in [-0.39, 0.29) is 13.2 Å². The number of carbonyl (C=O) groups is 3. The van der Waals surface area contributed by atoms with Crippen LogP contribution in [0.2, 0.25) is 5.02 Å². The molecule has 0 heterocycles. The van der Waals surface area contributed by atoms with E-state index in [2.05, 4.69) is 10.1 Å². The van der Waals surface area contributed by atoms with Gasteiger partial charge in [0.15, 0.2) is 6.61 Å². The van der Waals surface area contributed by atoms with Crippen LogP contribution >= 0.6 is 11.6 Å². The molecule has 0 fully saturated rings. The van der Waals surface area contributed by atoms with Crippen LogP contribution in [-0.2, 0) is 20.8 Å². The molecule has 2 rings (SSSR count). The molecular formula is C18H16ClNO5. The molecule has 1 N–H and O–H groups in total. The van der Waals surface area contributed by atoms with Gasteiger partial charge in [-0.15, -0.1) is 0 Å². The molecule has 0 saturated carbocycles. The number of methoxy groups -OCH3 is 1. The van der Waals surface area contributed by atoms with Gasteiger partial charge in [-0.25, -0.2) is 9.59 Å². The smallest absolute Gasteiger partial charge is 0.338 e. The molecule has 130 valence electrons. The quantitative estimate of drug-likeness (QED) is 0.800. The van der Waals surface area contributed by atoms with Gasteiger partial charge in [-0.05, 0) is 42.0 Å².